The number of esters is 1. The molecule has 1 aliphatic heterocycles. The van der Waals surface area contributed by atoms with Crippen molar-refractivity contribution in [2.24, 2.45) is 5.41 Å². The number of hydrogen-bond donors (Lipinski definition) is 0. The lowest BCUT2D eigenvalue weighted by atomic mass is 9.89. The predicted octanol–water partition coefficient (Wildman–Crippen LogP) is 10.8. The number of halogens is 1. The summed E-state index contributed by atoms with van der Waals surface area (Å²) in [4.78, 5) is 17.0. The minimum Gasteiger partial charge on any atom is -0.469 e. The first kappa shape index (κ1) is 36.1. The van der Waals surface area contributed by atoms with Crippen LogP contribution in [0.1, 0.15) is 93.0 Å². The highest BCUT2D eigenvalue weighted by Crippen LogP contribution is 2.40. The van der Waals surface area contributed by atoms with Gasteiger partial charge in [0.1, 0.15) is 0 Å². The fourth-order valence-electron chi connectivity index (χ4n) is 6.24. The normalized spacial score (nSPS) is 16.3. The van der Waals surface area contributed by atoms with Crippen molar-refractivity contribution in [3.05, 3.63) is 112 Å². The molecule has 5 rings (SSSR count). The zero-order chi connectivity index (χ0) is 34.1. The van der Waals surface area contributed by atoms with E-state index < -0.39 is 5.60 Å². The van der Waals surface area contributed by atoms with Gasteiger partial charge >= 0.3 is 5.97 Å². The molecule has 2 atom stereocenters. The molecule has 1 aliphatic rings. The Morgan fingerprint density at radius 1 is 1.02 bits per heavy atom. The number of methoxy groups -OCH3 is 1. The van der Waals surface area contributed by atoms with E-state index in [1.54, 1.807) is 0 Å². The largest absolute Gasteiger partial charge is 0.469 e. The van der Waals surface area contributed by atoms with Crippen molar-refractivity contribution in [1.29, 1.82) is 0 Å². The van der Waals surface area contributed by atoms with Gasteiger partial charge in [0.25, 0.3) is 0 Å². The van der Waals surface area contributed by atoms with E-state index in [0.29, 0.717) is 11.4 Å². The van der Waals surface area contributed by atoms with E-state index in [2.05, 4.69) is 94.4 Å². The van der Waals surface area contributed by atoms with Crippen molar-refractivity contribution in [3.63, 3.8) is 0 Å². The average molecular weight is 686 g/mol. The van der Waals surface area contributed by atoms with Crippen LogP contribution in [0.3, 0.4) is 0 Å². The molecule has 0 amide bonds. The summed E-state index contributed by atoms with van der Waals surface area (Å²) in [7, 11) is 1.46. The number of benzene rings is 3. The third-order valence-corrected chi connectivity index (χ3v) is 10.9. The number of thioether (sulfide) groups is 1. The number of nitrogens with zero attached hydrogens (tertiary/aromatic N) is 1. The SMILES string of the molecule is COC(=O)CC(C)(C)CS[C@H](CCc1ccccc1C(C)(C)OC1CCCCO1)c1cccc(C=Cc2ccc3ccc(Cl)cc3n2)c1. The lowest BCUT2D eigenvalue weighted by Gasteiger charge is -2.34. The Morgan fingerprint density at radius 3 is 2.62 bits per heavy atom. The Kier molecular flexibility index (Phi) is 12.4. The quantitative estimate of drug-likeness (QED) is 0.123. The van der Waals surface area contributed by atoms with Crippen LogP contribution in [0, 0.1) is 5.41 Å². The van der Waals surface area contributed by atoms with Crippen molar-refractivity contribution >= 4 is 52.4 Å². The summed E-state index contributed by atoms with van der Waals surface area (Å²) >= 11 is 8.13. The monoisotopic (exact) mass is 685 g/mol. The fraction of sp³-hybridized carbons (Fsp3) is 0.415. The lowest BCUT2D eigenvalue weighted by Crippen LogP contribution is -2.33. The predicted molar refractivity (Wildman–Crippen MR) is 200 cm³/mol. The second-order valence-electron chi connectivity index (χ2n) is 13.9. The molecule has 2 heterocycles. The van der Waals surface area contributed by atoms with E-state index in [1.165, 1.54) is 23.8 Å². The summed E-state index contributed by atoms with van der Waals surface area (Å²) in [5, 5.41) is 1.96. The van der Waals surface area contributed by atoms with Gasteiger partial charge in [0.2, 0.25) is 0 Å². The van der Waals surface area contributed by atoms with Gasteiger partial charge in [-0.3, -0.25) is 4.79 Å². The molecule has 3 aromatic carbocycles. The first-order valence-electron chi connectivity index (χ1n) is 16.9. The number of ether oxygens (including phenoxy) is 3. The van der Waals surface area contributed by atoms with Crippen molar-refractivity contribution in [2.75, 3.05) is 19.5 Å². The van der Waals surface area contributed by atoms with E-state index in [4.69, 9.17) is 30.8 Å². The number of pyridine rings is 1. The minimum absolute atomic E-state index is 0.166. The lowest BCUT2D eigenvalue weighted by molar-refractivity contribution is -0.219. The van der Waals surface area contributed by atoms with Gasteiger partial charge in [0.05, 0.1) is 30.3 Å². The van der Waals surface area contributed by atoms with Crippen LogP contribution in [-0.2, 0) is 31.0 Å². The molecular formula is C41H48ClNO4S. The minimum atomic E-state index is -0.476. The van der Waals surface area contributed by atoms with Gasteiger partial charge in [-0.1, -0.05) is 92.2 Å². The highest BCUT2D eigenvalue weighted by Gasteiger charge is 2.30. The standard InChI is InChI=1S/C41H48ClNO4S/c1-40(2,27-38(44)45-5)28-48-37(23-19-30-12-6-7-14-35(30)41(3,4)47-39-15-8-9-24-46-39)32-13-10-11-29(25-32)16-21-34-22-18-31-17-20-33(42)26-36(31)43-34/h6-7,10-14,16-18,20-22,25-26,37,39H,8-9,15,19,23-24,27-28H2,1-5H3/t37-,39?/m1/s1. The number of fused-ring (bicyclic) bond motifs is 1. The van der Waals surface area contributed by atoms with Crippen molar-refractivity contribution < 1.29 is 19.0 Å². The topological polar surface area (TPSA) is 57.7 Å². The Balaban J connectivity index is 1.37. The first-order valence-corrected chi connectivity index (χ1v) is 18.3. The molecule has 1 fully saturated rings. The maximum Gasteiger partial charge on any atom is 0.306 e. The highest BCUT2D eigenvalue weighted by atomic mass is 35.5. The molecular weight excluding hydrogens is 638 g/mol. The van der Waals surface area contributed by atoms with Gasteiger partial charge in [-0.2, -0.15) is 11.8 Å². The summed E-state index contributed by atoms with van der Waals surface area (Å²) in [6.45, 7) is 9.34. The van der Waals surface area contributed by atoms with Gasteiger partial charge < -0.3 is 14.2 Å². The summed E-state index contributed by atoms with van der Waals surface area (Å²) in [5.41, 5.74) is 5.95. The zero-order valence-corrected chi connectivity index (χ0v) is 30.4. The number of rotatable bonds is 14. The Bertz CT molecular complexity index is 1710. The number of carbonyl (C=O) groups excluding carboxylic acids is 1. The Morgan fingerprint density at radius 2 is 1.83 bits per heavy atom. The molecule has 0 radical (unpaired) electrons. The van der Waals surface area contributed by atoms with Crippen LogP contribution in [0.2, 0.25) is 5.02 Å². The number of aromatic nitrogens is 1. The molecule has 1 unspecified atom stereocenters. The summed E-state index contributed by atoms with van der Waals surface area (Å²) < 4.78 is 17.5. The van der Waals surface area contributed by atoms with Gasteiger partial charge in [0.15, 0.2) is 6.29 Å². The van der Waals surface area contributed by atoms with E-state index in [9.17, 15) is 4.79 Å². The molecule has 7 heteroatoms. The van der Waals surface area contributed by atoms with E-state index in [-0.39, 0.29) is 22.9 Å². The Hall–Kier alpha value is -3.16. The molecule has 1 aromatic heterocycles. The molecule has 0 spiro atoms. The van der Waals surface area contributed by atoms with Crippen LogP contribution >= 0.6 is 23.4 Å². The number of aryl methyl sites for hydroxylation is 1. The third kappa shape index (κ3) is 10.2. The highest BCUT2D eigenvalue weighted by molar-refractivity contribution is 7.99. The third-order valence-electron chi connectivity index (χ3n) is 8.84. The van der Waals surface area contributed by atoms with Crippen LogP contribution in [0.4, 0.5) is 0 Å². The molecule has 1 saturated heterocycles. The number of hydrogen-bond acceptors (Lipinski definition) is 6. The zero-order valence-electron chi connectivity index (χ0n) is 28.8. The molecule has 0 aliphatic carbocycles. The molecule has 0 saturated carbocycles. The van der Waals surface area contributed by atoms with Gasteiger partial charge in [0, 0.05) is 22.3 Å². The molecule has 254 valence electrons. The second-order valence-corrected chi connectivity index (χ2v) is 15.5. The van der Waals surface area contributed by atoms with Crippen molar-refractivity contribution in [1.82, 2.24) is 4.98 Å². The van der Waals surface area contributed by atoms with Gasteiger partial charge in [-0.05, 0) is 104 Å². The molecule has 48 heavy (non-hydrogen) atoms. The first-order chi connectivity index (χ1) is 23.0. The average Bonchev–Trinajstić information content (AvgIpc) is 3.07. The summed E-state index contributed by atoms with van der Waals surface area (Å²) in [6, 6.07) is 27.3. The molecule has 4 aromatic rings. The number of carbonyl (C=O) groups is 1. The Labute approximate surface area is 295 Å². The summed E-state index contributed by atoms with van der Waals surface area (Å²) in [6.07, 6.45) is 9.38. The van der Waals surface area contributed by atoms with E-state index >= 15 is 0 Å². The van der Waals surface area contributed by atoms with Crippen LogP contribution in [-0.4, -0.2) is 36.7 Å². The van der Waals surface area contributed by atoms with E-state index in [0.717, 1.165) is 66.6 Å². The van der Waals surface area contributed by atoms with Crippen molar-refractivity contribution in [3.8, 4) is 0 Å². The maximum absolute atomic E-state index is 12.2. The fourth-order valence-corrected chi connectivity index (χ4v) is 7.78. The maximum atomic E-state index is 12.2. The van der Waals surface area contributed by atoms with Crippen LogP contribution < -0.4 is 0 Å². The smallest absolute Gasteiger partial charge is 0.306 e. The van der Waals surface area contributed by atoms with Crippen molar-refractivity contribution in [2.45, 2.75) is 83.4 Å². The van der Waals surface area contributed by atoms with Gasteiger partial charge in [-0.15, -0.1) is 0 Å². The van der Waals surface area contributed by atoms with Crippen LogP contribution in [0.15, 0.2) is 78.9 Å². The molecule has 0 N–H and O–H groups in total. The second kappa shape index (κ2) is 16.5. The van der Waals surface area contributed by atoms with Crippen LogP contribution in [0.25, 0.3) is 23.1 Å². The summed E-state index contributed by atoms with van der Waals surface area (Å²) in [5.74, 6) is 0.651. The van der Waals surface area contributed by atoms with E-state index in [1.807, 2.05) is 36.0 Å². The van der Waals surface area contributed by atoms with Crippen LogP contribution in [0.5, 0.6) is 0 Å². The molecule has 5 nitrogen and oxygen atoms in total. The molecule has 0 bridgehead atoms. The van der Waals surface area contributed by atoms with Gasteiger partial charge in [-0.25, -0.2) is 4.98 Å².